The highest BCUT2D eigenvalue weighted by molar-refractivity contribution is 5.85. The molecule has 0 bridgehead atoms. The molecule has 0 saturated heterocycles. The lowest BCUT2D eigenvalue weighted by Gasteiger charge is -2.36. The van der Waals surface area contributed by atoms with Crippen LogP contribution in [0.4, 0.5) is 0 Å². The molecule has 0 N–H and O–H groups in total. The number of hydrogen-bond acceptors (Lipinski definition) is 2. The van der Waals surface area contributed by atoms with Gasteiger partial charge in [0.05, 0.1) is 11.4 Å². The Hall–Kier alpha value is -4.82. The molecular formula is C41H34N2. The molecule has 4 aliphatic rings. The maximum absolute atomic E-state index is 4.74. The lowest BCUT2D eigenvalue weighted by Crippen LogP contribution is -2.41. The van der Waals surface area contributed by atoms with Crippen LogP contribution in [-0.4, -0.2) is 9.97 Å². The first-order valence-corrected chi connectivity index (χ1v) is 15.5. The summed E-state index contributed by atoms with van der Waals surface area (Å²) in [5, 5.41) is 2.81. The Bertz CT molecular complexity index is 2000. The highest BCUT2D eigenvalue weighted by atomic mass is 14.8. The fourth-order valence-electron chi connectivity index (χ4n) is 7.40. The lowest BCUT2D eigenvalue weighted by molar-refractivity contribution is 0.655. The minimum atomic E-state index is 0.344. The summed E-state index contributed by atoms with van der Waals surface area (Å²) in [5.74, 6) is 1.27. The molecule has 43 heavy (non-hydrogen) atoms. The summed E-state index contributed by atoms with van der Waals surface area (Å²) in [5.41, 5.74) is 12.9. The van der Waals surface area contributed by atoms with Crippen molar-refractivity contribution in [3.8, 4) is 22.5 Å². The number of rotatable bonds is 4. The molecule has 0 aliphatic heterocycles. The van der Waals surface area contributed by atoms with Crippen molar-refractivity contribution < 1.29 is 0 Å². The Morgan fingerprint density at radius 2 is 1.40 bits per heavy atom. The van der Waals surface area contributed by atoms with Crippen molar-refractivity contribution in [1.82, 2.24) is 9.97 Å². The smallest absolute Gasteiger partial charge is 0.0886 e. The molecule has 0 radical (unpaired) electrons. The number of benzene rings is 2. The summed E-state index contributed by atoms with van der Waals surface area (Å²) in [6.45, 7) is 2.33. The van der Waals surface area contributed by atoms with Crippen molar-refractivity contribution in [2.75, 3.05) is 0 Å². The van der Waals surface area contributed by atoms with Crippen LogP contribution in [0.3, 0.4) is 0 Å². The molecule has 0 amide bonds. The standard InChI is InChI=1S/C41H34N2/c1-27-9-8-10-30(23-27)40-34-11-2-4-13-36(34)41(37-14-5-3-12-35(37)40)31-19-17-28-16-18-29(24-33(28)25-31)32-20-21-39(43-26-32)38-15-6-7-22-42-38/h2-16,18,20-22,24-27,34,36H,17,19,23H2,1H3. The molecule has 2 aromatic carbocycles. The summed E-state index contributed by atoms with van der Waals surface area (Å²) in [6, 6.07) is 26.2. The molecule has 3 atom stereocenters. The van der Waals surface area contributed by atoms with Crippen LogP contribution in [0.1, 0.15) is 30.9 Å². The van der Waals surface area contributed by atoms with Gasteiger partial charge in [0.2, 0.25) is 0 Å². The van der Waals surface area contributed by atoms with E-state index in [0.29, 0.717) is 17.8 Å². The minimum absolute atomic E-state index is 0.344. The SMILES string of the molecule is CC1C=CC=C(C2=c3ccccc3=C(C3=Cc4cc(-c5ccc(-c6ccccn6)nc5)ccc4CC3)C3C=CC=CC23)C1. The Kier molecular flexibility index (Phi) is 6.48. The molecular weight excluding hydrogens is 520 g/mol. The van der Waals surface area contributed by atoms with Gasteiger partial charge in [-0.25, -0.2) is 0 Å². The van der Waals surface area contributed by atoms with Crippen LogP contribution < -0.4 is 10.4 Å². The molecule has 4 aliphatic carbocycles. The average Bonchev–Trinajstić information content (AvgIpc) is 3.07. The average molecular weight is 555 g/mol. The van der Waals surface area contributed by atoms with Crippen molar-refractivity contribution in [1.29, 1.82) is 0 Å². The van der Waals surface area contributed by atoms with Gasteiger partial charge in [-0.15, -0.1) is 0 Å². The summed E-state index contributed by atoms with van der Waals surface area (Å²) in [7, 11) is 0. The molecule has 0 spiro atoms. The van der Waals surface area contributed by atoms with Crippen molar-refractivity contribution in [3.05, 3.63) is 160 Å². The number of hydrogen-bond donors (Lipinski definition) is 0. The third-order valence-electron chi connectivity index (χ3n) is 9.44. The van der Waals surface area contributed by atoms with Crippen LogP contribution >= 0.6 is 0 Å². The zero-order valence-corrected chi connectivity index (χ0v) is 24.4. The first kappa shape index (κ1) is 25.9. The first-order chi connectivity index (χ1) is 21.2. The molecule has 208 valence electrons. The fourth-order valence-corrected chi connectivity index (χ4v) is 7.40. The first-order valence-electron chi connectivity index (χ1n) is 15.5. The summed E-state index contributed by atoms with van der Waals surface area (Å²) < 4.78 is 0. The van der Waals surface area contributed by atoms with Gasteiger partial charge < -0.3 is 0 Å². The third-order valence-corrected chi connectivity index (χ3v) is 9.44. The molecule has 2 aromatic heterocycles. The van der Waals surface area contributed by atoms with Gasteiger partial charge in [0, 0.05) is 29.8 Å². The molecule has 2 nitrogen and oxygen atoms in total. The number of fused-ring (bicyclic) bond motifs is 3. The Labute approximate surface area is 253 Å². The van der Waals surface area contributed by atoms with E-state index in [0.717, 1.165) is 36.2 Å². The zero-order valence-electron chi connectivity index (χ0n) is 24.4. The maximum atomic E-state index is 4.74. The van der Waals surface area contributed by atoms with Crippen molar-refractivity contribution in [3.63, 3.8) is 0 Å². The number of allylic oxidation sites excluding steroid dienone is 9. The zero-order chi connectivity index (χ0) is 28.8. The van der Waals surface area contributed by atoms with E-state index in [2.05, 4.69) is 115 Å². The van der Waals surface area contributed by atoms with Gasteiger partial charge in [-0.05, 0) is 98.9 Å². The second kappa shape index (κ2) is 10.8. The van der Waals surface area contributed by atoms with Crippen molar-refractivity contribution >= 4 is 17.2 Å². The van der Waals surface area contributed by atoms with E-state index in [4.69, 9.17) is 4.98 Å². The van der Waals surface area contributed by atoms with Crippen molar-refractivity contribution in [2.24, 2.45) is 17.8 Å². The quantitative estimate of drug-likeness (QED) is 0.255. The van der Waals surface area contributed by atoms with Crippen LogP contribution in [0.2, 0.25) is 0 Å². The van der Waals surface area contributed by atoms with E-state index in [1.807, 2.05) is 30.6 Å². The number of nitrogens with zero attached hydrogens (tertiary/aromatic N) is 2. The molecule has 8 rings (SSSR count). The molecule has 2 heterocycles. The summed E-state index contributed by atoms with van der Waals surface area (Å²) in [6.07, 6.45) is 25.8. The largest absolute Gasteiger partial charge is 0.255 e. The normalized spacial score (nSPS) is 21.9. The van der Waals surface area contributed by atoms with E-state index in [-0.39, 0.29) is 0 Å². The van der Waals surface area contributed by atoms with Crippen LogP contribution in [0.25, 0.3) is 39.7 Å². The van der Waals surface area contributed by atoms with Crippen LogP contribution in [0, 0.1) is 17.8 Å². The van der Waals surface area contributed by atoms with Gasteiger partial charge in [0.1, 0.15) is 0 Å². The van der Waals surface area contributed by atoms with Gasteiger partial charge in [0.25, 0.3) is 0 Å². The molecule has 0 fully saturated rings. The van der Waals surface area contributed by atoms with Gasteiger partial charge in [0.15, 0.2) is 0 Å². The van der Waals surface area contributed by atoms with Gasteiger partial charge in [-0.1, -0.05) is 104 Å². The van der Waals surface area contributed by atoms with E-state index < -0.39 is 0 Å². The van der Waals surface area contributed by atoms with E-state index in [1.165, 1.54) is 49.4 Å². The highest BCUT2D eigenvalue weighted by Gasteiger charge is 2.34. The third kappa shape index (κ3) is 4.68. The van der Waals surface area contributed by atoms with E-state index in [9.17, 15) is 0 Å². The van der Waals surface area contributed by atoms with Crippen LogP contribution in [0.15, 0.2) is 139 Å². The molecule has 0 saturated carbocycles. The fraction of sp³-hybridized carbons (Fsp3) is 0.171. The molecule has 3 unspecified atom stereocenters. The van der Waals surface area contributed by atoms with Gasteiger partial charge in [-0.2, -0.15) is 0 Å². The van der Waals surface area contributed by atoms with E-state index in [1.54, 1.807) is 0 Å². The van der Waals surface area contributed by atoms with Gasteiger partial charge in [-0.3, -0.25) is 9.97 Å². The summed E-state index contributed by atoms with van der Waals surface area (Å²) in [4.78, 5) is 9.19. The van der Waals surface area contributed by atoms with Crippen LogP contribution in [-0.2, 0) is 6.42 Å². The van der Waals surface area contributed by atoms with Crippen molar-refractivity contribution in [2.45, 2.75) is 26.2 Å². The molecule has 2 heteroatoms. The predicted octanol–water partition coefficient (Wildman–Crippen LogP) is 8.04. The predicted molar refractivity (Wildman–Crippen MR) is 178 cm³/mol. The highest BCUT2D eigenvalue weighted by Crippen LogP contribution is 2.44. The monoisotopic (exact) mass is 554 g/mol. The Balaban J connectivity index is 1.24. The Morgan fingerprint density at radius 1 is 0.651 bits per heavy atom. The minimum Gasteiger partial charge on any atom is -0.255 e. The Morgan fingerprint density at radius 3 is 2.12 bits per heavy atom. The number of pyridine rings is 2. The summed E-state index contributed by atoms with van der Waals surface area (Å²) >= 11 is 0. The number of aromatic nitrogens is 2. The van der Waals surface area contributed by atoms with Gasteiger partial charge >= 0.3 is 0 Å². The number of aryl methyl sites for hydroxylation is 1. The van der Waals surface area contributed by atoms with Crippen LogP contribution in [0.5, 0.6) is 0 Å². The van der Waals surface area contributed by atoms with E-state index >= 15 is 0 Å². The second-order valence-electron chi connectivity index (χ2n) is 12.2. The lowest BCUT2D eigenvalue weighted by atomic mass is 9.67. The molecule has 4 aromatic rings. The maximum Gasteiger partial charge on any atom is 0.0886 e. The topological polar surface area (TPSA) is 25.8 Å². The second-order valence-corrected chi connectivity index (χ2v) is 12.2.